The van der Waals surface area contributed by atoms with Crippen LogP contribution in [0.15, 0.2) is 18.3 Å². The molecule has 7 nitrogen and oxygen atoms in total. The summed E-state index contributed by atoms with van der Waals surface area (Å²) in [5.41, 5.74) is 5.54. The Morgan fingerprint density at radius 3 is 2.73 bits per heavy atom. The largest absolute Gasteiger partial charge is 0.468 e. The number of esters is 1. The fourth-order valence-electron chi connectivity index (χ4n) is 0.937. The predicted molar refractivity (Wildman–Crippen MR) is 49.8 cm³/mol. The number of carbonyl (C=O) groups is 1. The van der Waals surface area contributed by atoms with Crippen LogP contribution in [0.5, 0.6) is 0 Å². The van der Waals surface area contributed by atoms with Gasteiger partial charge in [-0.15, -0.1) is 0 Å². The second-order valence-corrected chi connectivity index (χ2v) is 2.70. The molecule has 7 heteroatoms. The van der Waals surface area contributed by atoms with Crippen molar-refractivity contribution in [2.45, 2.75) is 6.04 Å². The fourth-order valence-corrected chi connectivity index (χ4v) is 0.937. The molecule has 1 aromatic rings. The van der Waals surface area contributed by atoms with Gasteiger partial charge < -0.3 is 10.5 Å². The van der Waals surface area contributed by atoms with Gasteiger partial charge in [-0.2, -0.15) is 0 Å². The Balaban J connectivity index is 2.89. The molecule has 0 aliphatic rings. The van der Waals surface area contributed by atoms with Gasteiger partial charge in [0.25, 0.3) is 5.69 Å². The lowest BCUT2D eigenvalue weighted by molar-refractivity contribution is -0.385. The third kappa shape index (κ3) is 2.47. The van der Waals surface area contributed by atoms with Crippen LogP contribution in [0, 0.1) is 10.1 Å². The second-order valence-electron chi connectivity index (χ2n) is 2.70. The minimum Gasteiger partial charge on any atom is -0.468 e. The van der Waals surface area contributed by atoms with Crippen molar-refractivity contribution in [2.75, 3.05) is 7.11 Å². The van der Waals surface area contributed by atoms with E-state index in [9.17, 15) is 14.9 Å². The third-order valence-electron chi connectivity index (χ3n) is 1.76. The van der Waals surface area contributed by atoms with Gasteiger partial charge in [-0.1, -0.05) is 0 Å². The molecular weight excluding hydrogens is 202 g/mol. The van der Waals surface area contributed by atoms with Crippen molar-refractivity contribution < 1.29 is 14.5 Å². The Kier molecular flexibility index (Phi) is 3.29. The number of rotatable bonds is 3. The Morgan fingerprint density at radius 1 is 1.67 bits per heavy atom. The van der Waals surface area contributed by atoms with Gasteiger partial charge in [-0.05, 0) is 6.07 Å². The normalized spacial score (nSPS) is 11.9. The van der Waals surface area contributed by atoms with E-state index in [0.717, 1.165) is 6.20 Å². The van der Waals surface area contributed by atoms with Crippen molar-refractivity contribution in [3.63, 3.8) is 0 Å². The zero-order valence-corrected chi connectivity index (χ0v) is 7.91. The number of carbonyl (C=O) groups excluding carboxylic acids is 1. The maximum Gasteiger partial charge on any atom is 0.328 e. The van der Waals surface area contributed by atoms with Crippen molar-refractivity contribution in [1.29, 1.82) is 0 Å². The topological polar surface area (TPSA) is 108 Å². The van der Waals surface area contributed by atoms with E-state index in [1.54, 1.807) is 0 Å². The molecule has 1 atom stereocenters. The highest BCUT2D eigenvalue weighted by Crippen LogP contribution is 2.13. The van der Waals surface area contributed by atoms with Crippen molar-refractivity contribution >= 4 is 11.7 Å². The van der Waals surface area contributed by atoms with Crippen molar-refractivity contribution in [1.82, 2.24) is 4.98 Å². The average molecular weight is 211 g/mol. The van der Waals surface area contributed by atoms with Gasteiger partial charge in [0.1, 0.15) is 12.2 Å². The first-order valence-corrected chi connectivity index (χ1v) is 4.00. The number of ether oxygens (including phenoxy) is 1. The molecule has 0 amide bonds. The second kappa shape index (κ2) is 4.47. The van der Waals surface area contributed by atoms with E-state index in [0.29, 0.717) is 0 Å². The van der Waals surface area contributed by atoms with Crippen LogP contribution in [0.1, 0.15) is 11.7 Å². The summed E-state index contributed by atoms with van der Waals surface area (Å²) in [6.45, 7) is 0. The SMILES string of the molecule is COC(=O)C(N)c1ccc([N+](=O)[O-])cn1. The number of pyridine rings is 1. The minimum atomic E-state index is -1.02. The molecule has 15 heavy (non-hydrogen) atoms. The molecule has 0 spiro atoms. The summed E-state index contributed by atoms with van der Waals surface area (Å²) < 4.78 is 4.41. The molecule has 1 heterocycles. The highest BCUT2D eigenvalue weighted by atomic mass is 16.6. The number of aromatic nitrogens is 1. The first-order chi connectivity index (χ1) is 7.06. The number of nitrogens with two attached hydrogens (primary N) is 1. The van der Waals surface area contributed by atoms with Crippen LogP contribution >= 0.6 is 0 Å². The van der Waals surface area contributed by atoms with Gasteiger partial charge in [0, 0.05) is 6.07 Å². The van der Waals surface area contributed by atoms with E-state index in [1.807, 2.05) is 0 Å². The number of nitro groups is 1. The fraction of sp³-hybridized carbons (Fsp3) is 0.250. The van der Waals surface area contributed by atoms with E-state index in [-0.39, 0.29) is 11.4 Å². The van der Waals surface area contributed by atoms with Gasteiger partial charge in [0.2, 0.25) is 0 Å². The predicted octanol–water partition coefficient (Wildman–Crippen LogP) is 0.163. The molecule has 0 aliphatic carbocycles. The zero-order valence-electron chi connectivity index (χ0n) is 7.91. The Labute approximate surface area is 85.0 Å². The van der Waals surface area contributed by atoms with Crippen LogP contribution in [0.2, 0.25) is 0 Å². The molecule has 0 aromatic carbocycles. The quantitative estimate of drug-likeness (QED) is 0.433. The van der Waals surface area contributed by atoms with Crippen LogP contribution < -0.4 is 5.73 Å². The van der Waals surface area contributed by atoms with Gasteiger partial charge in [0.05, 0.1) is 17.7 Å². The van der Waals surface area contributed by atoms with Gasteiger partial charge >= 0.3 is 5.97 Å². The summed E-state index contributed by atoms with van der Waals surface area (Å²) in [4.78, 5) is 24.4. The molecule has 0 saturated carbocycles. The van der Waals surface area contributed by atoms with Gasteiger partial charge in [-0.25, -0.2) is 4.79 Å². The summed E-state index contributed by atoms with van der Waals surface area (Å²) in [6, 6.07) is 1.53. The maximum atomic E-state index is 11.0. The first-order valence-electron chi connectivity index (χ1n) is 4.00. The van der Waals surface area contributed by atoms with Crippen molar-refractivity contribution in [3.8, 4) is 0 Å². The third-order valence-corrected chi connectivity index (χ3v) is 1.76. The van der Waals surface area contributed by atoms with Gasteiger partial charge in [0.15, 0.2) is 0 Å². The minimum absolute atomic E-state index is 0.157. The summed E-state index contributed by atoms with van der Waals surface area (Å²) in [5.74, 6) is -0.642. The summed E-state index contributed by atoms with van der Waals surface area (Å²) in [7, 11) is 1.20. The standard InChI is InChI=1S/C8H9N3O4/c1-15-8(12)7(9)6-3-2-5(4-10-6)11(13)14/h2-4,7H,9H2,1H3. The number of methoxy groups -OCH3 is 1. The lowest BCUT2D eigenvalue weighted by Gasteiger charge is -2.07. The van der Waals surface area contributed by atoms with Crippen LogP contribution in [-0.2, 0) is 9.53 Å². The molecule has 0 saturated heterocycles. The smallest absolute Gasteiger partial charge is 0.328 e. The van der Waals surface area contributed by atoms with Crippen LogP contribution in [0.4, 0.5) is 5.69 Å². The molecule has 0 bridgehead atoms. The lowest BCUT2D eigenvalue weighted by atomic mass is 10.2. The van der Waals surface area contributed by atoms with E-state index < -0.39 is 16.9 Å². The molecule has 1 rings (SSSR count). The van der Waals surface area contributed by atoms with Crippen molar-refractivity contribution in [2.24, 2.45) is 5.73 Å². The average Bonchev–Trinajstić information content (AvgIpc) is 2.27. The highest BCUT2D eigenvalue weighted by molar-refractivity contribution is 5.76. The molecule has 0 aliphatic heterocycles. The number of hydrogen-bond donors (Lipinski definition) is 1. The number of hydrogen-bond acceptors (Lipinski definition) is 6. The van der Waals surface area contributed by atoms with Crippen LogP contribution in [0.3, 0.4) is 0 Å². The van der Waals surface area contributed by atoms with Gasteiger partial charge in [-0.3, -0.25) is 15.1 Å². The number of nitrogens with zero attached hydrogens (tertiary/aromatic N) is 2. The molecular formula is C8H9N3O4. The Bertz CT molecular complexity index is 376. The molecule has 0 fully saturated rings. The Hall–Kier alpha value is -2.02. The highest BCUT2D eigenvalue weighted by Gasteiger charge is 2.18. The van der Waals surface area contributed by atoms with Crippen LogP contribution in [-0.4, -0.2) is 23.0 Å². The van der Waals surface area contributed by atoms with E-state index >= 15 is 0 Å². The monoisotopic (exact) mass is 211 g/mol. The van der Waals surface area contributed by atoms with Crippen molar-refractivity contribution in [3.05, 3.63) is 34.1 Å². The maximum absolute atomic E-state index is 11.0. The molecule has 80 valence electrons. The van der Waals surface area contributed by atoms with E-state index in [2.05, 4.69) is 9.72 Å². The van der Waals surface area contributed by atoms with Crippen LogP contribution in [0.25, 0.3) is 0 Å². The van der Waals surface area contributed by atoms with E-state index in [4.69, 9.17) is 5.73 Å². The molecule has 0 radical (unpaired) electrons. The Morgan fingerprint density at radius 2 is 2.33 bits per heavy atom. The molecule has 1 aromatic heterocycles. The molecule has 1 unspecified atom stereocenters. The lowest BCUT2D eigenvalue weighted by Crippen LogP contribution is -2.23. The zero-order chi connectivity index (χ0) is 11.4. The summed E-state index contributed by atoms with van der Waals surface area (Å²) in [5, 5.41) is 10.3. The van der Waals surface area contributed by atoms with E-state index in [1.165, 1.54) is 19.2 Å². The summed E-state index contributed by atoms with van der Waals surface area (Å²) in [6.07, 6.45) is 1.04. The first kappa shape index (κ1) is 11.1. The summed E-state index contributed by atoms with van der Waals surface area (Å²) >= 11 is 0. The molecule has 2 N–H and O–H groups in total.